The Kier molecular flexibility index (Phi) is 5.18. The molecule has 0 bridgehead atoms. The Bertz CT molecular complexity index is 911. The van der Waals surface area contributed by atoms with Gasteiger partial charge in [-0.2, -0.15) is 0 Å². The van der Waals surface area contributed by atoms with Crippen molar-refractivity contribution in [2.75, 3.05) is 23.7 Å². The SMILES string of the molecule is Cc1cccc(OCC(=O)NC2CCN(S(C)(=O)=O)c3ccccc32)c1. The highest BCUT2D eigenvalue weighted by Crippen LogP contribution is 2.34. The molecule has 1 amide bonds. The molecule has 1 atom stereocenters. The Morgan fingerprint density at radius 3 is 2.73 bits per heavy atom. The number of rotatable bonds is 5. The molecule has 138 valence electrons. The number of nitrogens with one attached hydrogen (secondary N) is 1. The number of aryl methyl sites for hydroxylation is 1. The smallest absolute Gasteiger partial charge is 0.258 e. The molecule has 1 unspecified atom stereocenters. The number of ether oxygens (including phenoxy) is 1. The Labute approximate surface area is 153 Å². The van der Waals surface area contributed by atoms with Gasteiger partial charge in [0.05, 0.1) is 18.0 Å². The van der Waals surface area contributed by atoms with Gasteiger partial charge in [0.1, 0.15) is 5.75 Å². The molecule has 1 aliphatic rings. The predicted molar refractivity (Wildman–Crippen MR) is 101 cm³/mol. The Morgan fingerprint density at radius 1 is 1.23 bits per heavy atom. The first-order chi connectivity index (χ1) is 12.3. The number of carbonyl (C=O) groups excluding carboxylic acids is 1. The number of anilines is 1. The summed E-state index contributed by atoms with van der Waals surface area (Å²) in [6.45, 7) is 2.21. The fourth-order valence-electron chi connectivity index (χ4n) is 3.12. The lowest BCUT2D eigenvalue weighted by Gasteiger charge is -2.34. The molecular formula is C19H22N2O4S. The number of para-hydroxylation sites is 1. The summed E-state index contributed by atoms with van der Waals surface area (Å²) in [5, 5.41) is 2.95. The van der Waals surface area contributed by atoms with Crippen LogP contribution in [0.4, 0.5) is 5.69 Å². The summed E-state index contributed by atoms with van der Waals surface area (Å²) in [5.74, 6) is 0.409. The number of nitrogens with zero attached hydrogens (tertiary/aromatic N) is 1. The quantitative estimate of drug-likeness (QED) is 0.872. The Morgan fingerprint density at radius 2 is 2.00 bits per heavy atom. The zero-order chi connectivity index (χ0) is 18.7. The molecule has 2 aromatic carbocycles. The van der Waals surface area contributed by atoms with Crippen LogP contribution >= 0.6 is 0 Å². The number of hydrogen-bond acceptors (Lipinski definition) is 4. The molecule has 0 saturated carbocycles. The Balaban J connectivity index is 1.69. The Hall–Kier alpha value is -2.54. The van der Waals surface area contributed by atoms with E-state index in [0.29, 0.717) is 24.4 Å². The molecule has 6 nitrogen and oxygen atoms in total. The average Bonchev–Trinajstić information content (AvgIpc) is 2.59. The van der Waals surface area contributed by atoms with Crippen molar-refractivity contribution in [3.8, 4) is 5.75 Å². The fraction of sp³-hybridized carbons (Fsp3) is 0.316. The molecule has 0 spiro atoms. The highest BCUT2D eigenvalue weighted by atomic mass is 32.2. The van der Waals surface area contributed by atoms with Gasteiger partial charge in [0.25, 0.3) is 5.91 Å². The monoisotopic (exact) mass is 374 g/mol. The van der Waals surface area contributed by atoms with Crippen LogP contribution in [-0.4, -0.2) is 33.7 Å². The first kappa shape index (κ1) is 18.3. The van der Waals surface area contributed by atoms with Crippen molar-refractivity contribution in [3.63, 3.8) is 0 Å². The van der Waals surface area contributed by atoms with Crippen LogP contribution in [0.25, 0.3) is 0 Å². The standard InChI is InChI=1S/C19H22N2O4S/c1-14-6-5-7-15(12-14)25-13-19(22)20-17-10-11-21(26(2,23)24)18-9-4-3-8-16(17)18/h3-9,12,17H,10-11,13H2,1-2H3,(H,20,22). The van der Waals surface area contributed by atoms with E-state index in [2.05, 4.69) is 5.32 Å². The van der Waals surface area contributed by atoms with Gasteiger partial charge in [-0.25, -0.2) is 8.42 Å². The third-order valence-corrected chi connectivity index (χ3v) is 5.48. The summed E-state index contributed by atoms with van der Waals surface area (Å²) in [7, 11) is -3.35. The normalized spacial score (nSPS) is 16.7. The van der Waals surface area contributed by atoms with Crippen LogP contribution in [0.15, 0.2) is 48.5 Å². The lowest BCUT2D eigenvalue weighted by Crippen LogP contribution is -2.41. The predicted octanol–water partition coefficient (Wildman–Crippen LogP) is 2.40. The van der Waals surface area contributed by atoms with E-state index in [1.165, 1.54) is 10.6 Å². The average molecular weight is 374 g/mol. The zero-order valence-corrected chi connectivity index (χ0v) is 15.6. The molecule has 0 aliphatic carbocycles. The third kappa shape index (κ3) is 4.16. The van der Waals surface area contributed by atoms with Gasteiger partial charge in [-0.15, -0.1) is 0 Å². The third-order valence-electron chi connectivity index (χ3n) is 4.30. The minimum atomic E-state index is -3.35. The summed E-state index contributed by atoms with van der Waals surface area (Å²) in [6, 6.07) is 14.5. The van der Waals surface area contributed by atoms with Gasteiger partial charge in [0.15, 0.2) is 6.61 Å². The number of amides is 1. The van der Waals surface area contributed by atoms with Gasteiger partial charge in [0.2, 0.25) is 10.0 Å². The summed E-state index contributed by atoms with van der Waals surface area (Å²) in [4.78, 5) is 12.3. The van der Waals surface area contributed by atoms with E-state index >= 15 is 0 Å². The number of fused-ring (bicyclic) bond motifs is 1. The van der Waals surface area contributed by atoms with Crippen molar-refractivity contribution in [2.45, 2.75) is 19.4 Å². The molecule has 7 heteroatoms. The van der Waals surface area contributed by atoms with E-state index in [1.807, 2.05) is 37.3 Å². The van der Waals surface area contributed by atoms with E-state index in [-0.39, 0.29) is 18.6 Å². The second-order valence-electron chi connectivity index (χ2n) is 6.41. The molecular weight excluding hydrogens is 352 g/mol. The zero-order valence-electron chi connectivity index (χ0n) is 14.8. The van der Waals surface area contributed by atoms with E-state index in [9.17, 15) is 13.2 Å². The van der Waals surface area contributed by atoms with Crippen LogP contribution in [0.2, 0.25) is 0 Å². The van der Waals surface area contributed by atoms with Crippen LogP contribution in [-0.2, 0) is 14.8 Å². The van der Waals surface area contributed by atoms with Crippen molar-refractivity contribution in [1.82, 2.24) is 5.32 Å². The number of sulfonamides is 1. The van der Waals surface area contributed by atoms with Crippen molar-refractivity contribution in [1.29, 1.82) is 0 Å². The highest BCUT2D eigenvalue weighted by Gasteiger charge is 2.30. The number of carbonyl (C=O) groups is 1. The van der Waals surface area contributed by atoms with E-state index in [1.54, 1.807) is 18.2 Å². The summed E-state index contributed by atoms with van der Waals surface area (Å²) in [5.41, 5.74) is 2.48. The summed E-state index contributed by atoms with van der Waals surface area (Å²) in [6.07, 6.45) is 1.71. The maximum absolute atomic E-state index is 12.3. The molecule has 26 heavy (non-hydrogen) atoms. The minimum Gasteiger partial charge on any atom is -0.484 e. The number of hydrogen-bond donors (Lipinski definition) is 1. The van der Waals surface area contributed by atoms with Crippen molar-refractivity contribution >= 4 is 21.6 Å². The molecule has 1 N–H and O–H groups in total. The first-order valence-electron chi connectivity index (χ1n) is 8.40. The van der Waals surface area contributed by atoms with Crippen molar-refractivity contribution < 1.29 is 17.9 Å². The first-order valence-corrected chi connectivity index (χ1v) is 10.2. The second-order valence-corrected chi connectivity index (χ2v) is 8.31. The maximum atomic E-state index is 12.3. The molecule has 1 aliphatic heterocycles. The number of benzene rings is 2. The summed E-state index contributed by atoms with van der Waals surface area (Å²) >= 11 is 0. The van der Waals surface area contributed by atoms with E-state index in [0.717, 1.165) is 11.1 Å². The largest absolute Gasteiger partial charge is 0.484 e. The highest BCUT2D eigenvalue weighted by molar-refractivity contribution is 7.92. The second kappa shape index (κ2) is 7.37. The van der Waals surface area contributed by atoms with Crippen LogP contribution < -0.4 is 14.4 Å². The van der Waals surface area contributed by atoms with Gasteiger partial charge in [-0.3, -0.25) is 9.10 Å². The van der Waals surface area contributed by atoms with Gasteiger partial charge in [-0.1, -0.05) is 30.3 Å². The van der Waals surface area contributed by atoms with Crippen LogP contribution in [0.1, 0.15) is 23.6 Å². The molecule has 2 aromatic rings. The molecule has 0 saturated heterocycles. The molecule has 0 radical (unpaired) electrons. The van der Waals surface area contributed by atoms with E-state index in [4.69, 9.17) is 4.74 Å². The van der Waals surface area contributed by atoms with E-state index < -0.39 is 10.0 Å². The van der Waals surface area contributed by atoms with Gasteiger partial charge < -0.3 is 10.1 Å². The van der Waals surface area contributed by atoms with Crippen LogP contribution in [0.3, 0.4) is 0 Å². The topological polar surface area (TPSA) is 75.7 Å². The van der Waals surface area contributed by atoms with Crippen LogP contribution in [0, 0.1) is 6.92 Å². The lowest BCUT2D eigenvalue weighted by molar-refractivity contribution is -0.123. The van der Waals surface area contributed by atoms with Gasteiger partial charge in [-0.05, 0) is 42.7 Å². The van der Waals surface area contributed by atoms with Crippen molar-refractivity contribution in [3.05, 3.63) is 59.7 Å². The van der Waals surface area contributed by atoms with Gasteiger partial charge in [0, 0.05) is 6.54 Å². The van der Waals surface area contributed by atoms with Gasteiger partial charge >= 0.3 is 0 Å². The van der Waals surface area contributed by atoms with Crippen LogP contribution in [0.5, 0.6) is 5.75 Å². The van der Waals surface area contributed by atoms with Crippen molar-refractivity contribution in [2.24, 2.45) is 0 Å². The molecule has 0 fully saturated rings. The molecule has 3 rings (SSSR count). The lowest BCUT2D eigenvalue weighted by atomic mass is 9.98. The molecule has 1 heterocycles. The minimum absolute atomic E-state index is 0.0854. The fourth-order valence-corrected chi connectivity index (χ4v) is 4.08. The maximum Gasteiger partial charge on any atom is 0.258 e. The summed E-state index contributed by atoms with van der Waals surface area (Å²) < 4.78 is 30.9. The molecule has 0 aromatic heterocycles.